The van der Waals surface area contributed by atoms with Crippen LogP contribution in [-0.2, 0) is 4.79 Å². The summed E-state index contributed by atoms with van der Waals surface area (Å²) in [6, 6.07) is 5.72. The van der Waals surface area contributed by atoms with Crippen LogP contribution in [0, 0.1) is 0 Å². The van der Waals surface area contributed by atoms with Crippen molar-refractivity contribution in [3.8, 4) is 5.75 Å². The van der Waals surface area contributed by atoms with Crippen molar-refractivity contribution in [2.45, 2.75) is 18.0 Å². The third kappa shape index (κ3) is 3.90. The smallest absolute Gasteiger partial charge is 0.460 e. The van der Waals surface area contributed by atoms with Crippen molar-refractivity contribution in [2.75, 3.05) is 7.11 Å². The molecule has 0 spiro atoms. The number of carbonyl (C=O) groups is 1. The third-order valence-corrected chi connectivity index (χ3v) is 2.51. The number of alkyl halides is 7. The predicted molar refractivity (Wildman–Crippen MR) is 64.7 cm³/mol. The highest BCUT2D eigenvalue weighted by Crippen LogP contribution is 2.46. The number of nitrogens with one attached hydrogen (secondary N) is 1. The van der Waals surface area contributed by atoms with Gasteiger partial charge in [-0.3, -0.25) is 4.79 Å². The summed E-state index contributed by atoms with van der Waals surface area (Å²) < 4.78 is 91.6. The molecule has 0 radical (unpaired) electrons. The molecule has 0 aromatic heterocycles. The second-order valence-corrected chi connectivity index (χ2v) is 4.12. The van der Waals surface area contributed by atoms with E-state index in [1.54, 1.807) is 0 Å². The van der Waals surface area contributed by atoms with Crippen LogP contribution < -0.4 is 10.2 Å². The van der Waals surface area contributed by atoms with Crippen LogP contribution in [0.15, 0.2) is 29.4 Å². The second kappa shape index (κ2) is 6.42. The summed E-state index contributed by atoms with van der Waals surface area (Å²) in [7, 11) is 1.33. The Morgan fingerprint density at radius 1 is 1.17 bits per heavy atom. The van der Waals surface area contributed by atoms with Crippen molar-refractivity contribution < 1.29 is 40.3 Å². The molecule has 1 N–H and O–H groups in total. The van der Waals surface area contributed by atoms with E-state index in [-0.39, 0.29) is 5.56 Å². The zero-order chi connectivity index (χ0) is 17.9. The fraction of sp³-hybridized carbons (Fsp3) is 0.333. The van der Waals surface area contributed by atoms with Gasteiger partial charge < -0.3 is 4.74 Å². The number of methoxy groups -OCH3 is 1. The standard InChI is InChI=1S/C12H9F7N2O2/c1-23-8-4-2-3-7(5-8)6-20-21-9(22)10(13,14)11(15,16)12(17,18)19/h2-6H,1H3,(H,21,22)/b20-6-. The summed E-state index contributed by atoms with van der Waals surface area (Å²) in [5, 5.41) is 2.92. The van der Waals surface area contributed by atoms with E-state index < -0.39 is 23.9 Å². The van der Waals surface area contributed by atoms with Crippen LogP contribution in [0.3, 0.4) is 0 Å². The summed E-state index contributed by atoms with van der Waals surface area (Å²) in [4.78, 5) is 10.9. The molecule has 1 aromatic rings. The number of carbonyl (C=O) groups excluding carboxylic acids is 1. The minimum absolute atomic E-state index is 0.218. The molecule has 0 aliphatic heterocycles. The Balaban J connectivity index is 2.84. The van der Waals surface area contributed by atoms with Crippen LogP contribution in [0.25, 0.3) is 0 Å². The molecule has 0 saturated heterocycles. The maximum Gasteiger partial charge on any atom is 0.460 e. The molecule has 0 unspecified atom stereocenters. The van der Waals surface area contributed by atoms with Gasteiger partial charge >= 0.3 is 23.9 Å². The summed E-state index contributed by atoms with van der Waals surface area (Å²) >= 11 is 0. The monoisotopic (exact) mass is 346 g/mol. The van der Waals surface area contributed by atoms with E-state index in [1.807, 2.05) is 0 Å². The Hall–Kier alpha value is -2.33. The summed E-state index contributed by atoms with van der Waals surface area (Å²) in [6.07, 6.45) is -5.83. The molecular formula is C12H9F7N2O2. The summed E-state index contributed by atoms with van der Waals surface area (Å²) in [5.41, 5.74) is 1.16. The van der Waals surface area contributed by atoms with E-state index in [4.69, 9.17) is 4.74 Å². The molecule has 1 aromatic carbocycles. The molecule has 0 saturated carbocycles. The Morgan fingerprint density at radius 2 is 1.78 bits per heavy atom. The largest absolute Gasteiger partial charge is 0.497 e. The van der Waals surface area contributed by atoms with Crippen molar-refractivity contribution >= 4 is 12.1 Å². The highest BCUT2D eigenvalue weighted by atomic mass is 19.4. The molecule has 0 fully saturated rings. The van der Waals surface area contributed by atoms with Crippen LogP contribution >= 0.6 is 0 Å². The normalized spacial score (nSPS) is 13.2. The lowest BCUT2D eigenvalue weighted by molar-refractivity contribution is -0.344. The lowest BCUT2D eigenvalue weighted by Crippen LogP contribution is -2.58. The first-order chi connectivity index (χ1) is 10.4. The number of amides is 1. The molecule has 128 valence electrons. The molecule has 0 bridgehead atoms. The predicted octanol–water partition coefficient (Wildman–Crippen LogP) is 2.98. The van der Waals surface area contributed by atoms with Crippen molar-refractivity contribution in [1.29, 1.82) is 0 Å². The van der Waals surface area contributed by atoms with Crippen LogP contribution in [0.4, 0.5) is 30.7 Å². The van der Waals surface area contributed by atoms with Gasteiger partial charge in [0.2, 0.25) is 0 Å². The molecule has 0 heterocycles. The molecule has 0 atom stereocenters. The molecule has 11 heteroatoms. The van der Waals surface area contributed by atoms with Gasteiger partial charge in [0.1, 0.15) is 5.75 Å². The maximum absolute atomic E-state index is 13.0. The van der Waals surface area contributed by atoms with E-state index in [0.29, 0.717) is 5.75 Å². The van der Waals surface area contributed by atoms with Gasteiger partial charge in [0.25, 0.3) is 0 Å². The molecule has 0 aliphatic carbocycles. The van der Waals surface area contributed by atoms with Crippen LogP contribution in [0.2, 0.25) is 0 Å². The van der Waals surface area contributed by atoms with E-state index in [2.05, 4.69) is 5.10 Å². The van der Waals surface area contributed by atoms with Crippen LogP contribution in [0.5, 0.6) is 5.75 Å². The topological polar surface area (TPSA) is 50.7 Å². The zero-order valence-corrected chi connectivity index (χ0v) is 11.3. The quantitative estimate of drug-likeness (QED) is 0.506. The average molecular weight is 346 g/mol. The molecule has 1 amide bonds. The van der Waals surface area contributed by atoms with Gasteiger partial charge in [-0.2, -0.15) is 35.8 Å². The first kappa shape index (κ1) is 18.7. The molecule has 4 nitrogen and oxygen atoms in total. The number of hydrogen-bond acceptors (Lipinski definition) is 3. The number of hydrogen-bond donors (Lipinski definition) is 1. The van der Waals surface area contributed by atoms with Gasteiger partial charge in [0, 0.05) is 0 Å². The van der Waals surface area contributed by atoms with Gasteiger partial charge in [0.15, 0.2) is 0 Å². The van der Waals surface area contributed by atoms with E-state index in [9.17, 15) is 35.5 Å². The minimum Gasteiger partial charge on any atom is -0.497 e. The van der Waals surface area contributed by atoms with E-state index in [0.717, 1.165) is 11.6 Å². The van der Waals surface area contributed by atoms with Crippen LogP contribution in [0.1, 0.15) is 5.56 Å². The summed E-state index contributed by atoms with van der Waals surface area (Å²) in [6.45, 7) is 0. The average Bonchev–Trinajstić information content (AvgIpc) is 2.45. The first-order valence-corrected chi connectivity index (χ1v) is 5.73. The zero-order valence-electron chi connectivity index (χ0n) is 11.3. The first-order valence-electron chi connectivity index (χ1n) is 5.73. The van der Waals surface area contributed by atoms with Gasteiger partial charge in [0.05, 0.1) is 13.3 Å². The van der Waals surface area contributed by atoms with E-state index >= 15 is 0 Å². The number of benzene rings is 1. The third-order valence-electron chi connectivity index (χ3n) is 2.51. The van der Waals surface area contributed by atoms with Crippen molar-refractivity contribution in [3.05, 3.63) is 29.8 Å². The van der Waals surface area contributed by atoms with Crippen molar-refractivity contribution in [2.24, 2.45) is 5.10 Å². The van der Waals surface area contributed by atoms with Gasteiger partial charge in [-0.15, -0.1) is 0 Å². The Morgan fingerprint density at radius 3 is 2.30 bits per heavy atom. The van der Waals surface area contributed by atoms with E-state index in [1.165, 1.54) is 31.4 Å². The molecule has 23 heavy (non-hydrogen) atoms. The molecule has 0 aliphatic rings. The number of hydrazone groups is 1. The Labute approximate surface area is 124 Å². The Bertz CT molecular complexity index is 599. The van der Waals surface area contributed by atoms with Crippen LogP contribution in [-0.4, -0.2) is 37.3 Å². The summed E-state index contributed by atoms with van der Waals surface area (Å²) in [5.74, 6) is -15.1. The number of rotatable bonds is 5. The second-order valence-electron chi connectivity index (χ2n) is 4.12. The molecular weight excluding hydrogens is 337 g/mol. The van der Waals surface area contributed by atoms with Crippen molar-refractivity contribution in [3.63, 3.8) is 0 Å². The fourth-order valence-electron chi connectivity index (χ4n) is 1.28. The molecule has 1 rings (SSSR count). The minimum atomic E-state index is -6.59. The lowest BCUT2D eigenvalue weighted by atomic mass is 10.1. The van der Waals surface area contributed by atoms with Crippen molar-refractivity contribution in [1.82, 2.24) is 5.43 Å². The maximum atomic E-state index is 13.0. The number of ether oxygens (including phenoxy) is 1. The SMILES string of the molecule is COc1cccc(/C=N\NC(=O)C(F)(F)C(F)(F)C(F)(F)F)c1. The fourth-order valence-corrected chi connectivity index (χ4v) is 1.28. The number of halogens is 7. The van der Waals surface area contributed by atoms with Gasteiger partial charge in [-0.25, -0.2) is 5.43 Å². The lowest BCUT2D eigenvalue weighted by Gasteiger charge is -2.26. The number of nitrogens with zero attached hydrogens (tertiary/aromatic N) is 1. The highest BCUT2D eigenvalue weighted by Gasteiger charge is 2.76. The Kier molecular flexibility index (Phi) is 5.23. The van der Waals surface area contributed by atoms with Gasteiger partial charge in [-0.05, 0) is 17.7 Å². The van der Waals surface area contributed by atoms with Gasteiger partial charge in [-0.1, -0.05) is 12.1 Å². The highest BCUT2D eigenvalue weighted by molar-refractivity contribution is 5.87.